The Morgan fingerprint density at radius 2 is 1.95 bits per heavy atom. The fourth-order valence-corrected chi connectivity index (χ4v) is 1.79. The van der Waals surface area contributed by atoms with E-state index in [1.165, 1.54) is 24.7 Å². The number of anilines is 2. The van der Waals surface area contributed by atoms with Crippen molar-refractivity contribution in [3.63, 3.8) is 0 Å². The molecule has 0 spiro atoms. The number of benzene rings is 1. The number of furan rings is 1. The number of halogens is 3. The SMILES string of the molecule is CN(C)c1ccc(C(F)(F)F)cc1NC(=O)c1ccoc1. The van der Waals surface area contributed by atoms with Crippen LogP contribution in [0.4, 0.5) is 24.5 Å². The highest BCUT2D eigenvalue weighted by atomic mass is 19.4. The summed E-state index contributed by atoms with van der Waals surface area (Å²) in [6.07, 6.45) is -1.94. The van der Waals surface area contributed by atoms with E-state index in [0.717, 1.165) is 12.1 Å². The molecule has 1 aromatic carbocycles. The van der Waals surface area contributed by atoms with Crippen LogP contribution in [-0.2, 0) is 6.18 Å². The molecule has 2 rings (SSSR count). The lowest BCUT2D eigenvalue weighted by atomic mass is 10.1. The second-order valence-corrected chi connectivity index (χ2v) is 4.59. The van der Waals surface area contributed by atoms with Crippen LogP contribution in [0.1, 0.15) is 15.9 Å². The summed E-state index contributed by atoms with van der Waals surface area (Å²) in [5.41, 5.74) is -0.0337. The van der Waals surface area contributed by atoms with Gasteiger partial charge in [-0.3, -0.25) is 4.79 Å². The van der Waals surface area contributed by atoms with Gasteiger partial charge in [0.1, 0.15) is 6.26 Å². The predicted octanol–water partition coefficient (Wildman–Crippen LogP) is 3.62. The molecule has 0 aliphatic carbocycles. The molecule has 2 aromatic rings. The van der Waals surface area contributed by atoms with Crippen molar-refractivity contribution in [2.24, 2.45) is 0 Å². The molecule has 1 aromatic heterocycles. The molecule has 0 saturated heterocycles. The zero-order valence-corrected chi connectivity index (χ0v) is 11.4. The minimum atomic E-state index is -4.47. The lowest BCUT2D eigenvalue weighted by Gasteiger charge is -2.19. The fourth-order valence-electron chi connectivity index (χ4n) is 1.79. The number of carbonyl (C=O) groups is 1. The molecular weight excluding hydrogens is 285 g/mol. The van der Waals surface area contributed by atoms with E-state index >= 15 is 0 Å². The van der Waals surface area contributed by atoms with Gasteiger partial charge in [-0.2, -0.15) is 13.2 Å². The maximum Gasteiger partial charge on any atom is 0.416 e. The molecule has 112 valence electrons. The van der Waals surface area contributed by atoms with Gasteiger partial charge in [0.05, 0.1) is 28.8 Å². The highest BCUT2D eigenvalue weighted by Gasteiger charge is 2.31. The number of hydrogen-bond acceptors (Lipinski definition) is 3. The Morgan fingerprint density at radius 1 is 1.24 bits per heavy atom. The maximum absolute atomic E-state index is 12.8. The molecule has 0 saturated carbocycles. The van der Waals surface area contributed by atoms with Crippen LogP contribution in [0.2, 0.25) is 0 Å². The zero-order valence-electron chi connectivity index (χ0n) is 11.4. The average Bonchev–Trinajstić information content (AvgIpc) is 2.91. The summed E-state index contributed by atoms with van der Waals surface area (Å²) in [6.45, 7) is 0. The molecule has 0 aliphatic rings. The molecule has 1 heterocycles. The van der Waals surface area contributed by atoms with Crippen LogP contribution in [-0.4, -0.2) is 20.0 Å². The van der Waals surface area contributed by atoms with Crippen molar-refractivity contribution >= 4 is 17.3 Å². The molecule has 7 heteroatoms. The molecule has 1 N–H and O–H groups in total. The molecule has 0 atom stereocenters. The van der Waals surface area contributed by atoms with Crippen LogP contribution in [0.3, 0.4) is 0 Å². The Labute approximate surface area is 119 Å². The first-order valence-corrected chi connectivity index (χ1v) is 6.01. The van der Waals surface area contributed by atoms with Crippen molar-refractivity contribution in [3.8, 4) is 0 Å². The van der Waals surface area contributed by atoms with Gasteiger partial charge in [-0.25, -0.2) is 0 Å². The normalized spacial score (nSPS) is 11.3. The molecular formula is C14H13F3N2O2. The van der Waals surface area contributed by atoms with E-state index in [1.807, 2.05) is 0 Å². The van der Waals surface area contributed by atoms with Gasteiger partial charge in [0.15, 0.2) is 0 Å². The topological polar surface area (TPSA) is 45.5 Å². The Morgan fingerprint density at radius 3 is 2.48 bits per heavy atom. The van der Waals surface area contributed by atoms with Crippen LogP contribution in [0.15, 0.2) is 41.2 Å². The third-order valence-electron chi connectivity index (χ3n) is 2.84. The van der Waals surface area contributed by atoms with Crippen molar-refractivity contribution in [1.82, 2.24) is 0 Å². The number of hydrogen-bond donors (Lipinski definition) is 1. The van der Waals surface area contributed by atoms with Gasteiger partial charge >= 0.3 is 6.18 Å². The number of carbonyl (C=O) groups excluding carboxylic acids is 1. The lowest BCUT2D eigenvalue weighted by Crippen LogP contribution is -2.17. The van der Waals surface area contributed by atoms with E-state index in [-0.39, 0.29) is 11.3 Å². The third kappa shape index (κ3) is 3.36. The third-order valence-corrected chi connectivity index (χ3v) is 2.84. The monoisotopic (exact) mass is 298 g/mol. The number of alkyl halides is 3. The standard InChI is InChI=1S/C14H13F3N2O2/c1-19(2)12-4-3-10(14(15,16)17)7-11(12)18-13(20)9-5-6-21-8-9/h3-8H,1-2H3,(H,18,20). The fraction of sp³-hybridized carbons (Fsp3) is 0.214. The minimum Gasteiger partial charge on any atom is -0.472 e. The van der Waals surface area contributed by atoms with Gasteiger partial charge in [0.2, 0.25) is 0 Å². The van der Waals surface area contributed by atoms with E-state index < -0.39 is 17.6 Å². The molecule has 21 heavy (non-hydrogen) atoms. The minimum absolute atomic E-state index is 0.0843. The van der Waals surface area contributed by atoms with Crippen LogP contribution in [0.25, 0.3) is 0 Å². The Hall–Kier alpha value is -2.44. The summed E-state index contributed by atoms with van der Waals surface area (Å²) in [7, 11) is 3.35. The molecule has 0 unspecified atom stereocenters. The quantitative estimate of drug-likeness (QED) is 0.941. The number of amides is 1. The van der Waals surface area contributed by atoms with Crippen molar-refractivity contribution in [2.45, 2.75) is 6.18 Å². The summed E-state index contributed by atoms with van der Waals surface area (Å²) < 4.78 is 43.1. The predicted molar refractivity (Wildman–Crippen MR) is 72.4 cm³/mol. The van der Waals surface area contributed by atoms with E-state index in [9.17, 15) is 18.0 Å². The number of nitrogens with zero attached hydrogens (tertiary/aromatic N) is 1. The summed E-state index contributed by atoms with van der Waals surface area (Å²) in [4.78, 5) is 13.6. The van der Waals surface area contributed by atoms with Crippen LogP contribution < -0.4 is 10.2 Å². The Kier molecular flexibility index (Phi) is 3.93. The van der Waals surface area contributed by atoms with E-state index in [0.29, 0.717) is 5.69 Å². The van der Waals surface area contributed by atoms with Gasteiger partial charge in [-0.05, 0) is 24.3 Å². The van der Waals surface area contributed by atoms with Gasteiger partial charge < -0.3 is 14.6 Å². The van der Waals surface area contributed by atoms with E-state index in [4.69, 9.17) is 4.42 Å². The van der Waals surface area contributed by atoms with Crippen LogP contribution >= 0.6 is 0 Å². The first-order chi connectivity index (χ1) is 9.79. The smallest absolute Gasteiger partial charge is 0.416 e. The van der Waals surface area contributed by atoms with Crippen molar-refractivity contribution in [1.29, 1.82) is 0 Å². The second kappa shape index (κ2) is 5.51. The Bertz CT molecular complexity index is 634. The van der Waals surface area contributed by atoms with Crippen LogP contribution in [0, 0.1) is 0 Å². The highest BCUT2D eigenvalue weighted by Crippen LogP contribution is 2.35. The maximum atomic E-state index is 12.8. The van der Waals surface area contributed by atoms with Crippen molar-refractivity contribution in [2.75, 3.05) is 24.3 Å². The number of rotatable bonds is 3. The molecule has 0 radical (unpaired) electrons. The number of nitrogens with one attached hydrogen (secondary N) is 1. The summed E-state index contributed by atoms with van der Waals surface area (Å²) in [5, 5.41) is 2.47. The largest absolute Gasteiger partial charge is 0.472 e. The first-order valence-electron chi connectivity index (χ1n) is 6.01. The zero-order chi connectivity index (χ0) is 15.6. The van der Waals surface area contributed by atoms with Gasteiger partial charge in [-0.15, -0.1) is 0 Å². The summed E-state index contributed by atoms with van der Waals surface area (Å²) in [5.74, 6) is -0.536. The van der Waals surface area contributed by atoms with Crippen molar-refractivity contribution in [3.05, 3.63) is 47.9 Å². The average molecular weight is 298 g/mol. The second-order valence-electron chi connectivity index (χ2n) is 4.59. The molecule has 0 fully saturated rings. The molecule has 0 aliphatic heterocycles. The highest BCUT2D eigenvalue weighted by molar-refractivity contribution is 6.05. The lowest BCUT2D eigenvalue weighted by molar-refractivity contribution is -0.137. The van der Waals surface area contributed by atoms with Crippen molar-refractivity contribution < 1.29 is 22.4 Å². The first kappa shape index (κ1) is 15.0. The van der Waals surface area contributed by atoms with E-state index in [1.54, 1.807) is 19.0 Å². The molecule has 4 nitrogen and oxygen atoms in total. The Balaban J connectivity index is 2.37. The van der Waals surface area contributed by atoms with Crippen LogP contribution in [0.5, 0.6) is 0 Å². The van der Waals surface area contributed by atoms with Gasteiger partial charge in [-0.1, -0.05) is 0 Å². The molecule has 1 amide bonds. The summed E-state index contributed by atoms with van der Waals surface area (Å²) >= 11 is 0. The molecule has 0 bridgehead atoms. The van der Waals surface area contributed by atoms with Gasteiger partial charge in [0, 0.05) is 14.1 Å². The van der Waals surface area contributed by atoms with Gasteiger partial charge in [0.25, 0.3) is 5.91 Å². The van der Waals surface area contributed by atoms with E-state index in [2.05, 4.69) is 5.32 Å². The summed E-state index contributed by atoms with van der Waals surface area (Å²) in [6, 6.07) is 4.63.